The molecule has 4 nitrogen and oxygen atoms in total. The summed E-state index contributed by atoms with van der Waals surface area (Å²) in [6.07, 6.45) is 1.50. The van der Waals surface area contributed by atoms with E-state index in [2.05, 4.69) is 17.4 Å². The molecule has 2 N–H and O–H groups in total. The molecule has 2 fully saturated rings. The molecule has 19 heavy (non-hydrogen) atoms. The molecule has 0 aromatic heterocycles. The molecule has 1 saturated heterocycles. The summed E-state index contributed by atoms with van der Waals surface area (Å²) in [6, 6.07) is 10.1. The van der Waals surface area contributed by atoms with E-state index in [1.54, 1.807) is 0 Å². The molecule has 1 heterocycles. The summed E-state index contributed by atoms with van der Waals surface area (Å²) in [5.74, 6) is 0.457. The number of carbonyl (C=O) groups is 1. The number of carbonyl (C=O) groups excluding carboxylic acids is 1. The van der Waals surface area contributed by atoms with Crippen molar-refractivity contribution in [3.63, 3.8) is 0 Å². The van der Waals surface area contributed by atoms with Gasteiger partial charge in [0.05, 0.1) is 6.61 Å². The predicted octanol–water partition coefficient (Wildman–Crippen LogP) is 1.06. The zero-order chi connectivity index (χ0) is 13.3. The minimum atomic E-state index is -0.868. The summed E-state index contributed by atoms with van der Waals surface area (Å²) in [6.45, 7) is 1.19. The average Bonchev–Trinajstić information content (AvgIpc) is 3.13. The summed E-state index contributed by atoms with van der Waals surface area (Å²) in [5, 5.41) is 12.9. The first-order valence-corrected chi connectivity index (χ1v) is 6.81. The molecule has 2 aliphatic rings. The molecule has 1 aliphatic carbocycles. The maximum Gasteiger partial charge on any atom is 0.223 e. The third-order valence-electron chi connectivity index (χ3n) is 4.03. The van der Waals surface area contributed by atoms with Gasteiger partial charge in [-0.2, -0.15) is 0 Å². The van der Waals surface area contributed by atoms with Crippen LogP contribution in [0.3, 0.4) is 0 Å². The minimum Gasteiger partial charge on any atom is -0.386 e. The number of nitrogens with one attached hydrogen (secondary N) is 1. The smallest absolute Gasteiger partial charge is 0.223 e. The fourth-order valence-corrected chi connectivity index (χ4v) is 2.67. The van der Waals surface area contributed by atoms with Crippen LogP contribution in [0.25, 0.3) is 0 Å². The van der Waals surface area contributed by atoms with Gasteiger partial charge in [-0.05, 0) is 17.9 Å². The van der Waals surface area contributed by atoms with E-state index in [-0.39, 0.29) is 11.8 Å². The quantitative estimate of drug-likeness (QED) is 0.852. The number of aliphatic hydroxyl groups is 1. The Morgan fingerprint density at radius 1 is 1.42 bits per heavy atom. The van der Waals surface area contributed by atoms with Crippen LogP contribution in [0, 0.1) is 5.92 Å². The second-order valence-corrected chi connectivity index (χ2v) is 5.60. The first-order chi connectivity index (χ1) is 9.18. The molecule has 0 radical (unpaired) electrons. The monoisotopic (exact) mass is 261 g/mol. The highest BCUT2D eigenvalue weighted by atomic mass is 16.5. The van der Waals surface area contributed by atoms with Crippen molar-refractivity contribution in [2.45, 2.75) is 24.4 Å². The van der Waals surface area contributed by atoms with Crippen molar-refractivity contribution in [1.82, 2.24) is 5.32 Å². The molecule has 1 aromatic rings. The van der Waals surface area contributed by atoms with Gasteiger partial charge in [0.25, 0.3) is 0 Å². The highest BCUT2D eigenvalue weighted by Gasteiger charge is 2.44. The highest BCUT2D eigenvalue weighted by molar-refractivity contribution is 5.82. The molecule has 1 aromatic carbocycles. The summed E-state index contributed by atoms with van der Waals surface area (Å²) < 4.78 is 5.16. The third-order valence-corrected chi connectivity index (χ3v) is 4.03. The van der Waals surface area contributed by atoms with E-state index < -0.39 is 5.60 Å². The molecule has 4 heteroatoms. The molecule has 102 valence electrons. The maximum absolute atomic E-state index is 12.0. The summed E-state index contributed by atoms with van der Waals surface area (Å²) in [4.78, 5) is 12.0. The Labute approximate surface area is 112 Å². The van der Waals surface area contributed by atoms with Crippen molar-refractivity contribution in [3.05, 3.63) is 35.9 Å². The lowest BCUT2D eigenvalue weighted by molar-refractivity contribution is -0.123. The predicted molar refractivity (Wildman–Crippen MR) is 70.7 cm³/mol. The van der Waals surface area contributed by atoms with Gasteiger partial charge in [0.2, 0.25) is 5.91 Å². The number of hydrogen-bond donors (Lipinski definition) is 2. The molecular weight excluding hydrogens is 242 g/mol. The van der Waals surface area contributed by atoms with Gasteiger partial charge in [-0.1, -0.05) is 30.3 Å². The van der Waals surface area contributed by atoms with E-state index >= 15 is 0 Å². The van der Waals surface area contributed by atoms with Crippen molar-refractivity contribution in [2.24, 2.45) is 5.92 Å². The molecule has 3 unspecified atom stereocenters. The molecule has 1 saturated carbocycles. The van der Waals surface area contributed by atoms with Gasteiger partial charge in [-0.3, -0.25) is 4.79 Å². The molecule has 3 rings (SSSR count). The fourth-order valence-electron chi connectivity index (χ4n) is 2.67. The van der Waals surface area contributed by atoms with Crippen LogP contribution in [-0.2, 0) is 9.53 Å². The summed E-state index contributed by atoms with van der Waals surface area (Å²) >= 11 is 0. The first-order valence-electron chi connectivity index (χ1n) is 6.81. The SMILES string of the molecule is O=C(NCC1(O)CCOC1)C1CC1c1ccccc1. The molecule has 0 bridgehead atoms. The minimum absolute atomic E-state index is 0.0502. The topological polar surface area (TPSA) is 58.6 Å². The molecule has 1 amide bonds. The second kappa shape index (κ2) is 4.94. The van der Waals surface area contributed by atoms with E-state index in [9.17, 15) is 9.90 Å². The standard InChI is InChI=1S/C15H19NO3/c17-14(16-9-15(18)6-7-19-10-15)13-8-12(13)11-4-2-1-3-5-11/h1-5,12-13,18H,6-10H2,(H,16,17). The molecular formula is C15H19NO3. The van der Waals surface area contributed by atoms with Crippen molar-refractivity contribution in [2.75, 3.05) is 19.8 Å². The van der Waals surface area contributed by atoms with Gasteiger partial charge in [0.15, 0.2) is 0 Å². The number of rotatable bonds is 4. The number of hydrogen-bond acceptors (Lipinski definition) is 3. The van der Waals surface area contributed by atoms with Crippen molar-refractivity contribution in [1.29, 1.82) is 0 Å². The maximum atomic E-state index is 12.0. The Balaban J connectivity index is 1.50. The number of amides is 1. The van der Waals surface area contributed by atoms with Crippen molar-refractivity contribution < 1.29 is 14.6 Å². The van der Waals surface area contributed by atoms with Crippen LogP contribution in [0.5, 0.6) is 0 Å². The fraction of sp³-hybridized carbons (Fsp3) is 0.533. The first kappa shape index (κ1) is 12.6. The van der Waals surface area contributed by atoms with Crippen LogP contribution in [0.4, 0.5) is 0 Å². The Morgan fingerprint density at radius 3 is 2.89 bits per heavy atom. The highest BCUT2D eigenvalue weighted by Crippen LogP contribution is 2.47. The summed E-state index contributed by atoms with van der Waals surface area (Å²) in [7, 11) is 0. The van der Waals surface area contributed by atoms with E-state index in [0.717, 1.165) is 6.42 Å². The number of benzene rings is 1. The van der Waals surface area contributed by atoms with E-state index in [1.165, 1.54) is 5.56 Å². The second-order valence-electron chi connectivity index (χ2n) is 5.60. The molecule has 1 aliphatic heterocycles. The van der Waals surface area contributed by atoms with Crippen LogP contribution < -0.4 is 5.32 Å². The number of ether oxygens (including phenoxy) is 1. The Bertz CT molecular complexity index is 454. The van der Waals surface area contributed by atoms with Crippen LogP contribution in [0.2, 0.25) is 0 Å². The summed E-state index contributed by atoms with van der Waals surface area (Å²) in [5.41, 5.74) is 0.359. The van der Waals surface area contributed by atoms with E-state index in [1.807, 2.05) is 18.2 Å². The van der Waals surface area contributed by atoms with Crippen LogP contribution in [0.15, 0.2) is 30.3 Å². The van der Waals surface area contributed by atoms with Crippen molar-refractivity contribution >= 4 is 5.91 Å². The van der Waals surface area contributed by atoms with Crippen LogP contribution >= 0.6 is 0 Å². The largest absolute Gasteiger partial charge is 0.386 e. The zero-order valence-electron chi connectivity index (χ0n) is 10.8. The lowest BCUT2D eigenvalue weighted by Crippen LogP contribution is -2.43. The van der Waals surface area contributed by atoms with Gasteiger partial charge >= 0.3 is 0 Å². The average molecular weight is 261 g/mol. The van der Waals surface area contributed by atoms with E-state index in [4.69, 9.17) is 4.74 Å². The Hall–Kier alpha value is -1.39. The zero-order valence-corrected chi connectivity index (χ0v) is 10.8. The van der Waals surface area contributed by atoms with Gasteiger partial charge in [0, 0.05) is 25.5 Å². The van der Waals surface area contributed by atoms with E-state index in [0.29, 0.717) is 32.1 Å². The lowest BCUT2D eigenvalue weighted by Gasteiger charge is -2.20. The van der Waals surface area contributed by atoms with Gasteiger partial charge < -0.3 is 15.2 Å². The Kier molecular flexibility index (Phi) is 3.29. The van der Waals surface area contributed by atoms with Crippen molar-refractivity contribution in [3.8, 4) is 0 Å². The van der Waals surface area contributed by atoms with Gasteiger partial charge in [-0.15, -0.1) is 0 Å². The Morgan fingerprint density at radius 2 is 2.21 bits per heavy atom. The van der Waals surface area contributed by atoms with Gasteiger partial charge in [-0.25, -0.2) is 0 Å². The normalized spacial score (nSPS) is 33.1. The third kappa shape index (κ3) is 2.80. The molecule has 3 atom stereocenters. The molecule has 0 spiro atoms. The van der Waals surface area contributed by atoms with Crippen LogP contribution in [-0.4, -0.2) is 36.4 Å². The lowest BCUT2D eigenvalue weighted by atomic mass is 10.0. The van der Waals surface area contributed by atoms with Crippen LogP contribution in [0.1, 0.15) is 24.3 Å². The van der Waals surface area contributed by atoms with Gasteiger partial charge in [0.1, 0.15) is 5.60 Å².